The number of rotatable bonds is 6. The quantitative estimate of drug-likeness (QED) is 0.364. The summed E-state index contributed by atoms with van der Waals surface area (Å²) in [7, 11) is 0. The highest BCUT2D eigenvalue weighted by Crippen LogP contribution is 2.28. The van der Waals surface area contributed by atoms with Crippen LogP contribution in [0.15, 0.2) is 97.1 Å². The lowest BCUT2D eigenvalue weighted by molar-refractivity contribution is 0.430. The molecular weight excluding hydrogens is 406 g/mol. The van der Waals surface area contributed by atoms with Crippen LogP contribution >= 0.6 is 0 Å². The fraction of sp³-hybridized carbons (Fsp3) is 0. The van der Waals surface area contributed by atoms with Gasteiger partial charge in [0.05, 0.1) is 0 Å². The number of benzene rings is 4. The Balaban J connectivity index is 1.46. The Bertz CT molecular complexity index is 1090. The zero-order valence-corrected chi connectivity index (χ0v) is 16.4. The molecule has 0 fully saturated rings. The van der Waals surface area contributed by atoms with Gasteiger partial charge in [-0.3, -0.25) is 0 Å². The summed E-state index contributed by atoms with van der Waals surface area (Å²) in [5.41, 5.74) is 2.96. The third kappa shape index (κ3) is 4.55. The van der Waals surface area contributed by atoms with Gasteiger partial charge in [0.1, 0.15) is 0 Å². The fourth-order valence-electron chi connectivity index (χ4n) is 2.92. The Hall–Kier alpha value is -3.51. The number of hydrogen-bond acceptors (Lipinski definition) is 3. The van der Waals surface area contributed by atoms with E-state index in [1.54, 1.807) is 12.1 Å². The maximum absolute atomic E-state index is 14.4. The summed E-state index contributed by atoms with van der Waals surface area (Å²) in [5, 5.41) is 0. The maximum atomic E-state index is 14.4. The van der Waals surface area contributed by atoms with Gasteiger partial charge in [0.25, 0.3) is 0 Å². The summed E-state index contributed by atoms with van der Waals surface area (Å²) in [6, 6.07) is 27.0. The second-order valence-corrected chi connectivity index (χ2v) is 7.13. The molecule has 4 rings (SSSR count). The molecule has 150 valence electrons. The molecule has 30 heavy (non-hydrogen) atoms. The second kappa shape index (κ2) is 8.88. The van der Waals surface area contributed by atoms with Crippen molar-refractivity contribution in [2.75, 3.05) is 0 Å². The van der Waals surface area contributed by atoms with Crippen LogP contribution < -0.4 is 8.37 Å². The molecule has 0 aromatic heterocycles. The van der Waals surface area contributed by atoms with Crippen molar-refractivity contribution < 1.29 is 21.4 Å². The van der Waals surface area contributed by atoms with Crippen molar-refractivity contribution in [1.82, 2.24) is 0 Å². The van der Waals surface area contributed by atoms with Crippen molar-refractivity contribution >= 4 is 11.4 Å². The Morgan fingerprint density at radius 3 is 1.30 bits per heavy atom. The van der Waals surface area contributed by atoms with Gasteiger partial charge in [0, 0.05) is 0 Å². The Kier molecular flexibility index (Phi) is 5.86. The van der Waals surface area contributed by atoms with E-state index in [1.165, 1.54) is 24.3 Å². The first kappa shape index (κ1) is 19.8. The van der Waals surface area contributed by atoms with Crippen molar-refractivity contribution in [3.8, 4) is 33.8 Å². The van der Waals surface area contributed by atoms with Crippen LogP contribution in [0.4, 0.5) is 8.78 Å². The molecule has 0 aliphatic heterocycles. The minimum atomic E-state index is -2.42. The van der Waals surface area contributed by atoms with Gasteiger partial charge < -0.3 is 8.37 Å². The lowest BCUT2D eigenvalue weighted by Crippen LogP contribution is -2.10. The molecule has 0 unspecified atom stereocenters. The van der Waals surface area contributed by atoms with Crippen LogP contribution in [0.1, 0.15) is 0 Å². The third-order valence-electron chi connectivity index (χ3n) is 4.39. The van der Waals surface area contributed by atoms with Crippen LogP contribution in [0.3, 0.4) is 0 Å². The molecule has 4 aromatic carbocycles. The van der Waals surface area contributed by atoms with Gasteiger partial charge in [-0.2, -0.15) is 4.21 Å². The van der Waals surface area contributed by atoms with E-state index in [0.29, 0.717) is 11.1 Å². The molecule has 0 N–H and O–H groups in total. The minimum absolute atomic E-state index is 0.255. The van der Waals surface area contributed by atoms with E-state index in [9.17, 15) is 13.0 Å². The predicted molar refractivity (Wildman–Crippen MR) is 113 cm³/mol. The topological polar surface area (TPSA) is 35.5 Å². The molecule has 0 bridgehead atoms. The summed E-state index contributed by atoms with van der Waals surface area (Å²) in [5.74, 6) is -1.91. The molecule has 0 radical (unpaired) electrons. The molecule has 0 atom stereocenters. The van der Waals surface area contributed by atoms with Crippen molar-refractivity contribution in [3.63, 3.8) is 0 Å². The zero-order chi connectivity index (χ0) is 20.9. The molecule has 0 saturated heterocycles. The predicted octanol–water partition coefficient (Wildman–Crippen LogP) is 6.34. The normalized spacial score (nSPS) is 10.8. The number of hydrogen-bond donors (Lipinski definition) is 0. The van der Waals surface area contributed by atoms with Crippen LogP contribution in [0.5, 0.6) is 11.5 Å². The summed E-state index contributed by atoms with van der Waals surface area (Å²) in [4.78, 5) is 0. The molecule has 0 aliphatic rings. The van der Waals surface area contributed by atoms with E-state index in [2.05, 4.69) is 0 Å². The third-order valence-corrected chi connectivity index (χ3v) is 5.02. The van der Waals surface area contributed by atoms with Gasteiger partial charge in [-0.1, -0.05) is 72.8 Å². The van der Waals surface area contributed by atoms with Gasteiger partial charge in [0.2, 0.25) is 0 Å². The van der Waals surface area contributed by atoms with Crippen molar-refractivity contribution in [1.29, 1.82) is 0 Å². The highest BCUT2D eigenvalue weighted by Gasteiger charge is 2.15. The lowest BCUT2D eigenvalue weighted by atomic mass is 10.1. The van der Waals surface area contributed by atoms with E-state index in [0.717, 1.165) is 11.1 Å². The summed E-state index contributed by atoms with van der Waals surface area (Å²) in [6.45, 7) is 0. The van der Waals surface area contributed by atoms with E-state index < -0.39 is 23.0 Å². The fourth-order valence-corrected chi connectivity index (χ4v) is 3.52. The van der Waals surface area contributed by atoms with Crippen LogP contribution in [0.2, 0.25) is 0 Å². The monoisotopic (exact) mass is 422 g/mol. The second-order valence-electron chi connectivity index (χ2n) is 6.39. The number of halogens is 2. The summed E-state index contributed by atoms with van der Waals surface area (Å²) in [6.07, 6.45) is 0. The zero-order valence-electron chi connectivity index (χ0n) is 15.6. The lowest BCUT2D eigenvalue weighted by Gasteiger charge is -2.09. The van der Waals surface area contributed by atoms with Crippen molar-refractivity contribution in [2.45, 2.75) is 0 Å². The van der Waals surface area contributed by atoms with Crippen LogP contribution in [-0.4, -0.2) is 4.21 Å². The largest absolute Gasteiger partial charge is 0.417 e. The van der Waals surface area contributed by atoms with Gasteiger partial charge in [0.15, 0.2) is 23.1 Å². The van der Waals surface area contributed by atoms with Gasteiger partial charge >= 0.3 is 11.4 Å². The Labute approximate surface area is 175 Å². The first-order valence-electron chi connectivity index (χ1n) is 9.08. The minimum Gasteiger partial charge on any atom is -0.368 e. The molecule has 6 heteroatoms. The van der Waals surface area contributed by atoms with Gasteiger partial charge in [-0.15, -0.1) is 0 Å². The van der Waals surface area contributed by atoms with E-state index >= 15 is 0 Å². The summed E-state index contributed by atoms with van der Waals surface area (Å²) < 4.78 is 50.9. The average Bonchev–Trinajstić information content (AvgIpc) is 2.78. The van der Waals surface area contributed by atoms with E-state index in [-0.39, 0.29) is 11.5 Å². The molecule has 0 aliphatic carbocycles. The van der Waals surface area contributed by atoms with Crippen LogP contribution in [0.25, 0.3) is 22.3 Å². The Morgan fingerprint density at radius 1 is 0.533 bits per heavy atom. The van der Waals surface area contributed by atoms with Crippen molar-refractivity contribution in [3.05, 3.63) is 109 Å². The van der Waals surface area contributed by atoms with E-state index in [4.69, 9.17) is 8.37 Å². The molecular formula is C24H16F2O3S. The molecule has 0 saturated carbocycles. The molecule has 0 spiro atoms. The average molecular weight is 422 g/mol. The highest BCUT2D eigenvalue weighted by atomic mass is 32.2. The smallest absolute Gasteiger partial charge is 0.368 e. The van der Waals surface area contributed by atoms with Gasteiger partial charge in [-0.05, 0) is 46.5 Å². The first-order chi connectivity index (χ1) is 14.6. The summed E-state index contributed by atoms with van der Waals surface area (Å²) >= 11 is -2.42. The Morgan fingerprint density at radius 2 is 0.933 bits per heavy atom. The first-order valence-corrected chi connectivity index (χ1v) is 10.1. The highest BCUT2D eigenvalue weighted by molar-refractivity contribution is 7.75. The molecule has 3 nitrogen and oxygen atoms in total. The van der Waals surface area contributed by atoms with Gasteiger partial charge in [-0.25, -0.2) is 8.78 Å². The molecule has 0 amide bonds. The van der Waals surface area contributed by atoms with E-state index in [1.807, 2.05) is 60.7 Å². The standard InChI is InChI=1S/C24H16F2O3S/c25-21-15-19(17-7-3-1-4-8-17)11-13-23(21)28-30(27)29-24-14-12-20(16-22(24)26)18-9-5-2-6-10-18/h1-16H. The SMILES string of the molecule is O=S(Oc1ccc(-c2ccccc2)cc1F)Oc1ccc(-c2ccccc2)cc1F. The van der Waals surface area contributed by atoms with Crippen molar-refractivity contribution in [2.24, 2.45) is 0 Å². The molecule has 4 aromatic rings. The molecule has 0 heterocycles. The van der Waals surface area contributed by atoms with Crippen LogP contribution in [-0.2, 0) is 11.4 Å². The maximum Gasteiger partial charge on any atom is 0.417 e. The van der Waals surface area contributed by atoms with Crippen LogP contribution in [0, 0.1) is 11.6 Å².